The van der Waals surface area contributed by atoms with Crippen molar-refractivity contribution in [3.8, 4) is 5.75 Å². The van der Waals surface area contributed by atoms with Gasteiger partial charge in [0.15, 0.2) is 5.82 Å². The van der Waals surface area contributed by atoms with Crippen LogP contribution in [-0.2, 0) is 13.2 Å². The van der Waals surface area contributed by atoms with Gasteiger partial charge in [-0.3, -0.25) is 0 Å². The van der Waals surface area contributed by atoms with Crippen molar-refractivity contribution in [1.29, 1.82) is 0 Å². The molecule has 100 valence electrons. The predicted molar refractivity (Wildman–Crippen MR) is 67.8 cm³/mol. The van der Waals surface area contributed by atoms with Gasteiger partial charge in [0, 0.05) is 12.2 Å². The molecule has 19 heavy (non-hydrogen) atoms. The standard InChI is InChI=1S/C12H14N4O3/c1-2-16-10(14-7-15-16)6-19-9-5-3-4-8(13)11(9)12(17)18/h3-5,7H,2,6,13H2,1H3,(H,17,18). The van der Waals surface area contributed by atoms with Gasteiger partial charge in [-0.1, -0.05) is 6.07 Å². The van der Waals surface area contributed by atoms with Crippen LogP contribution >= 0.6 is 0 Å². The van der Waals surface area contributed by atoms with Crippen molar-refractivity contribution in [3.05, 3.63) is 35.9 Å². The molecule has 0 fully saturated rings. The minimum Gasteiger partial charge on any atom is -0.485 e. The number of hydrogen-bond donors (Lipinski definition) is 2. The lowest BCUT2D eigenvalue weighted by Crippen LogP contribution is -2.10. The van der Waals surface area contributed by atoms with Crippen LogP contribution < -0.4 is 10.5 Å². The first-order chi connectivity index (χ1) is 9.13. The molecule has 1 heterocycles. The van der Waals surface area contributed by atoms with Crippen LogP contribution in [0.4, 0.5) is 5.69 Å². The highest BCUT2D eigenvalue weighted by Crippen LogP contribution is 2.24. The molecule has 3 N–H and O–H groups in total. The van der Waals surface area contributed by atoms with E-state index in [9.17, 15) is 4.79 Å². The summed E-state index contributed by atoms with van der Waals surface area (Å²) in [6, 6.07) is 4.72. The van der Waals surface area contributed by atoms with E-state index in [4.69, 9.17) is 15.6 Å². The zero-order valence-corrected chi connectivity index (χ0v) is 10.4. The van der Waals surface area contributed by atoms with Gasteiger partial charge < -0.3 is 15.6 Å². The van der Waals surface area contributed by atoms with Gasteiger partial charge >= 0.3 is 5.97 Å². The zero-order valence-electron chi connectivity index (χ0n) is 10.4. The number of benzene rings is 1. The summed E-state index contributed by atoms with van der Waals surface area (Å²) in [4.78, 5) is 15.2. The van der Waals surface area contributed by atoms with Gasteiger partial charge in [-0.25, -0.2) is 14.5 Å². The summed E-state index contributed by atoms with van der Waals surface area (Å²) in [5.74, 6) is -0.274. The molecule has 7 nitrogen and oxygen atoms in total. The van der Waals surface area contributed by atoms with E-state index in [-0.39, 0.29) is 23.6 Å². The number of ether oxygens (including phenoxy) is 1. The Morgan fingerprint density at radius 2 is 2.32 bits per heavy atom. The van der Waals surface area contributed by atoms with Crippen LogP contribution in [0, 0.1) is 0 Å². The molecule has 7 heteroatoms. The molecule has 1 aromatic heterocycles. The van der Waals surface area contributed by atoms with Crippen molar-refractivity contribution in [1.82, 2.24) is 14.8 Å². The summed E-state index contributed by atoms with van der Waals surface area (Å²) in [6.07, 6.45) is 1.43. The quantitative estimate of drug-likeness (QED) is 0.783. The average molecular weight is 262 g/mol. The van der Waals surface area contributed by atoms with Gasteiger partial charge in [-0.15, -0.1) is 0 Å². The Kier molecular flexibility index (Phi) is 3.65. The van der Waals surface area contributed by atoms with Crippen molar-refractivity contribution in [2.24, 2.45) is 0 Å². The van der Waals surface area contributed by atoms with E-state index in [1.807, 2.05) is 6.92 Å². The fourth-order valence-electron chi connectivity index (χ4n) is 1.70. The highest BCUT2D eigenvalue weighted by molar-refractivity contribution is 5.96. The summed E-state index contributed by atoms with van der Waals surface area (Å²) in [7, 11) is 0. The fraction of sp³-hybridized carbons (Fsp3) is 0.250. The summed E-state index contributed by atoms with van der Waals surface area (Å²) in [5, 5.41) is 13.1. The van der Waals surface area contributed by atoms with Gasteiger partial charge in [-0.2, -0.15) is 5.10 Å². The van der Waals surface area contributed by atoms with Gasteiger partial charge in [-0.05, 0) is 19.1 Å². The van der Waals surface area contributed by atoms with Crippen molar-refractivity contribution < 1.29 is 14.6 Å². The molecule has 1 aromatic carbocycles. The second-order valence-corrected chi connectivity index (χ2v) is 3.81. The van der Waals surface area contributed by atoms with Crippen molar-refractivity contribution in [3.63, 3.8) is 0 Å². The molecule has 0 spiro atoms. The number of nitrogen functional groups attached to an aromatic ring is 1. The lowest BCUT2D eigenvalue weighted by molar-refractivity contribution is 0.0693. The number of carbonyl (C=O) groups is 1. The van der Waals surface area contributed by atoms with Crippen LogP contribution in [-0.4, -0.2) is 25.8 Å². The third-order valence-corrected chi connectivity index (χ3v) is 2.62. The molecule has 0 unspecified atom stereocenters. The van der Waals surface area contributed by atoms with Crippen molar-refractivity contribution in [2.45, 2.75) is 20.1 Å². The van der Waals surface area contributed by atoms with E-state index >= 15 is 0 Å². The number of hydrogen-bond acceptors (Lipinski definition) is 5. The largest absolute Gasteiger partial charge is 0.485 e. The molecule has 0 aliphatic carbocycles. The number of aromatic nitrogens is 3. The fourth-order valence-corrected chi connectivity index (χ4v) is 1.70. The molecular weight excluding hydrogens is 248 g/mol. The monoisotopic (exact) mass is 262 g/mol. The summed E-state index contributed by atoms with van der Waals surface area (Å²) in [6.45, 7) is 2.74. The van der Waals surface area contributed by atoms with Crippen molar-refractivity contribution >= 4 is 11.7 Å². The molecule has 0 bridgehead atoms. The maximum atomic E-state index is 11.1. The minimum absolute atomic E-state index is 0.0370. The zero-order chi connectivity index (χ0) is 13.8. The van der Waals surface area contributed by atoms with Crippen LogP contribution in [0.1, 0.15) is 23.1 Å². The summed E-state index contributed by atoms with van der Waals surface area (Å²) in [5.41, 5.74) is 5.76. The molecule has 2 aromatic rings. The Bertz CT molecular complexity index is 594. The Labute approximate surface area is 109 Å². The average Bonchev–Trinajstić information content (AvgIpc) is 2.83. The Balaban J connectivity index is 2.20. The lowest BCUT2D eigenvalue weighted by atomic mass is 10.1. The van der Waals surface area contributed by atoms with E-state index < -0.39 is 5.97 Å². The molecule has 0 radical (unpaired) electrons. The minimum atomic E-state index is -1.12. The first kappa shape index (κ1) is 12.9. The molecule has 0 aliphatic heterocycles. The molecule has 2 rings (SSSR count). The van der Waals surface area contributed by atoms with E-state index in [2.05, 4.69) is 10.1 Å². The molecule has 0 aliphatic rings. The molecule has 0 amide bonds. The number of aromatic carboxylic acids is 1. The topological polar surface area (TPSA) is 103 Å². The maximum Gasteiger partial charge on any atom is 0.341 e. The number of nitrogens with zero attached hydrogens (tertiary/aromatic N) is 3. The third kappa shape index (κ3) is 2.65. The maximum absolute atomic E-state index is 11.1. The van der Waals surface area contributed by atoms with E-state index in [0.717, 1.165) is 0 Å². The highest BCUT2D eigenvalue weighted by atomic mass is 16.5. The van der Waals surface area contributed by atoms with Crippen LogP contribution in [0.2, 0.25) is 0 Å². The number of anilines is 1. The van der Waals surface area contributed by atoms with E-state index in [0.29, 0.717) is 12.4 Å². The van der Waals surface area contributed by atoms with E-state index in [1.54, 1.807) is 16.8 Å². The van der Waals surface area contributed by atoms with E-state index in [1.165, 1.54) is 12.4 Å². The second-order valence-electron chi connectivity index (χ2n) is 3.81. The SMILES string of the molecule is CCn1ncnc1COc1cccc(N)c1C(=O)O. The second kappa shape index (κ2) is 5.38. The number of carboxylic acids is 1. The molecule has 0 saturated heterocycles. The first-order valence-corrected chi connectivity index (χ1v) is 5.74. The van der Waals surface area contributed by atoms with Gasteiger partial charge in [0.05, 0.1) is 0 Å². The number of rotatable bonds is 5. The number of carboxylic acid groups (broad SMARTS) is 1. The first-order valence-electron chi connectivity index (χ1n) is 5.74. The van der Waals surface area contributed by atoms with Gasteiger partial charge in [0.25, 0.3) is 0 Å². The summed E-state index contributed by atoms with van der Waals surface area (Å²) < 4.78 is 7.16. The molecule has 0 atom stereocenters. The normalized spacial score (nSPS) is 10.4. The number of nitrogens with two attached hydrogens (primary N) is 1. The lowest BCUT2D eigenvalue weighted by Gasteiger charge is -2.10. The Morgan fingerprint density at radius 1 is 1.53 bits per heavy atom. The Morgan fingerprint density at radius 3 is 3.00 bits per heavy atom. The summed E-state index contributed by atoms with van der Waals surface area (Å²) >= 11 is 0. The van der Waals surface area contributed by atoms with Crippen LogP contribution in [0.3, 0.4) is 0 Å². The van der Waals surface area contributed by atoms with Crippen molar-refractivity contribution in [2.75, 3.05) is 5.73 Å². The Hall–Kier alpha value is -2.57. The van der Waals surface area contributed by atoms with Crippen LogP contribution in [0.5, 0.6) is 5.75 Å². The third-order valence-electron chi connectivity index (χ3n) is 2.62. The smallest absolute Gasteiger partial charge is 0.341 e. The van der Waals surface area contributed by atoms with Gasteiger partial charge in [0.2, 0.25) is 0 Å². The predicted octanol–water partition coefficient (Wildman–Crippen LogP) is 1.16. The molecule has 0 saturated carbocycles. The van der Waals surface area contributed by atoms with Gasteiger partial charge in [0.1, 0.15) is 24.2 Å². The molecular formula is C12H14N4O3. The number of aryl methyl sites for hydroxylation is 1. The highest BCUT2D eigenvalue weighted by Gasteiger charge is 2.15. The van der Waals surface area contributed by atoms with Crippen LogP contribution in [0.25, 0.3) is 0 Å². The van der Waals surface area contributed by atoms with Crippen LogP contribution in [0.15, 0.2) is 24.5 Å².